The van der Waals surface area contributed by atoms with Crippen molar-refractivity contribution in [1.29, 1.82) is 0 Å². The lowest BCUT2D eigenvalue weighted by Crippen LogP contribution is -2.36. The van der Waals surface area contributed by atoms with Gasteiger partial charge in [0, 0.05) is 42.8 Å². The molecule has 13 nitrogen and oxygen atoms in total. The zero-order valence-corrected chi connectivity index (χ0v) is 27.1. The molecule has 4 aromatic heterocycles. The first-order valence-corrected chi connectivity index (χ1v) is 16.1. The van der Waals surface area contributed by atoms with Crippen LogP contribution in [0, 0.1) is 0 Å². The van der Waals surface area contributed by atoms with Crippen molar-refractivity contribution in [3.05, 3.63) is 85.2 Å². The highest BCUT2D eigenvalue weighted by atomic mass is 16.6. The Morgan fingerprint density at radius 1 is 0.729 bits per heavy atom. The molecule has 7 rings (SSSR count). The van der Waals surface area contributed by atoms with Crippen LogP contribution in [0.15, 0.2) is 73.6 Å². The van der Waals surface area contributed by atoms with Gasteiger partial charge in [0.25, 0.3) is 0 Å². The molecule has 2 atom stereocenters. The van der Waals surface area contributed by atoms with Crippen molar-refractivity contribution in [3.63, 3.8) is 0 Å². The van der Waals surface area contributed by atoms with Gasteiger partial charge in [-0.1, -0.05) is 24.3 Å². The summed E-state index contributed by atoms with van der Waals surface area (Å²) >= 11 is 0. The molecule has 1 aromatic carbocycles. The summed E-state index contributed by atoms with van der Waals surface area (Å²) < 4.78 is 11.1. The van der Waals surface area contributed by atoms with Crippen molar-refractivity contribution in [2.24, 2.45) is 0 Å². The Bertz CT molecular complexity index is 1880. The Hall–Kier alpha value is -5.59. The number of ether oxygens (including phenoxy) is 2. The van der Waals surface area contributed by atoms with E-state index in [0.29, 0.717) is 24.7 Å². The third-order valence-corrected chi connectivity index (χ3v) is 8.45. The molecule has 2 fully saturated rings. The number of hydrogen-bond acceptors (Lipinski definition) is 9. The van der Waals surface area contributed by atoms with Crippen LogP contribution in [-0.2, 0) is 4.74 Å². The Kier molecular flexibility index (Phi) is 8.34. The van der Waals surface area contributed by atoms with E-state index in [9.17, 15) is 9.59 Å². The lowest BCUT2D eigenvalue weighted by atomic mass is 10.1. The molecule has 2 aliphatic rings. The van der Waals surface area contributed by atoms with Gasteiger partial charge in [0.15, 0.2) is 11.6 Å². The number of carbonyl (C=O) groups is 2. The maximum absolute atomic E-state index is 12.9. The zero-order valence-electron chi connectivity index (χ0n) is 27.1. The molecular formula is C35H37N9O4. The lowest BCUT2D eigenvalue weighted by Gasteiger charge is -2.27. The highest BCUT2D eigenvalue weighted by molar-refractivity contribution is 5.72. The van der Waals surface area contributed by atoms with E-state index in [0.717, 1.165) is 65.4 Å². The minimum absolute atomic E-state index is 0.163. The second kappa shape index (κ2) is 12.9. The van der Waals surface area contributed by atoms with Gasteiger partial charge in [-0.15, -0.1) is 0 Å². The van der Waals surface area contributed by atoms with Crippen molar-refractivity contribution in [1.82, 2.24) is 44.7 Å². The molecule has 2 N–H and O–H groups in total. The molecule has 0 spiro atoms. The second-order valence-corrected chi connectivity index (χ2v) is 13.0. The predicted octanol–water partition coefficient (Wildman–Crippen LogP) is 6.73. The molecule has 0 saturated carbocycles. The number of nitrogens with zero attached hydrogens (tertiary/aromatic N) is 7. The molecule has 13 heteroatoms. The van der Waals surface area contributed by atoms with Crippen LogP contribution in [0.5, 0.6) is 5.75 Å². The average Bonchev–Trinajstić information content (AvgIpc) is 3.91. The van der Waals surface area contributed by atoms with Gasteiger partial charge in [-0.3, -0.25) is 14.8 Å². The number of amides is 2. The second-order valence-electron chi connectivity index (χ2n) is 13.0. The SMILES string of the molecule is CC(C)(C)OC(=O)N1CCC[C@H]1c1ncc(-c2cnc(-c3ccc(-c4cnc([C@@H]5CCCN5C(=O)Oc5cccnc5)[nH]4)cc3)nc2)[nH]1. The van der Waals surface area contributed by atoms with Gasteiger partial charge < -0.3 is 19.4 Å². The Morgan fingerprint density at radius 2 is 1.31 bits per heavy atom. The van der Waals surface area contributed by atoms with Crippen LogP contribution in [0.25, 0.3) is 33.9 Å². The summed E-state index contributed by atoms with van der Waals surface area (Å²) in [7, 11) is 0. The topological polar surface area (TPSA) is 155 Å². The van der Waals surface area contributed by atoms with Gasteiger partial charge in [-0.25, -0.2) is 29.5 Å². The fourth-order valence-corrected chi connectivity index (χ4v) is 6.15. The fourth-order valence-electron chi connectivity index (χ4n) is 6.15. The number of likely N-dealkylation sites (tertiary alicyclic amines) is 2. The van der Waals surface area contributed by atoms with Gasteiger partial charge in [0.2, 0.25) is 0 Å². The van der Waals surface area contributed by atoms with Gasteiger partial charge >= 0.3 is 12.2 Å². The van der Waals surface area contributed by atoms with Crippen LogP contribution in [0.3, 0.4) is 0 Å². The first kappa shape index (κ1) is 31.0. The number of hydrogen-bond donors (Lipinski definition) is 2. The van der Waals surface area contributed by atoms with Crippen molar-refractivity contribution < 1.29 is 19.1 Å². The molecule has 5 aromatic rings. The highest BCUT2D eigenvalue weighted by Crippen LogP contribution is 2.34. The average molecular weight is 648 g/mol. The first-order valence-electron chi connectivity index (χ1n) is 16.1. The van der Waals surface area contributed by atoms with E-state index in [4.69, 9.17) is 9.47 Å². The van der Waals surface area contributed by atoms with Crippen LogP contribution >= 0.6 is 0 Å². The summed E-state index contributed by atoms with van der Waals surface area (Å²) in [4.78, 5) is 58.3. The fraction of sp³-hybridized carbons (Fsp3) is 0.343. The summed E-state index contributed by atoms with van der Waals surface area (Å²) in [5, 5.41) is 0. The molecular weight excluding hydrogens is 610 g/mol. The summed E-state index contributed by atoms with van der Waals surface area (Å²) in [6.45, 7) is 6.84. The third-order valence-electron chi connectivity index (χ3n) is 8.45. The van der Waals surface area contributed by atoms with Gasteiger partial charge in [-0.2, -0.15) is 0 Å². The van der Waals surface area contributed by atoms with Crippen molar-refractivity contribution in [2.75, 3.05) is 13.1 Å². The predicted molar refractivity (Wildman–Crippen MR) is 176 cm³/mol. The number of nitrogens with one attached hydrogen (secondary N) is 2. The van der Waals surface area contributed by atoms with Crippen molar-refractivity contribution >= 4 is 12.2 Å². The normalized spacial score (nSPS) is 17.9. The largest absolute Gasteiger partial charge is 0.444 e. The summed E-state index contributed by atoms with van der Waals surface area (Å²) in [5.74, 6) is 2.45. The number of rotatable bonds is 6. The number of H-pyrrole nitrogens is 2. The van der Waals surface area contributed by atoms with Crippen LogP contribution < -0.4 is 4.74 Å². The number of imidazole rings is 2. The third kappa shape index (κ3) is 6.61. The molecule has 2 saturated heterocycles. The summed E-state index contributed by atoms with van der Waals surface area (Å²) in [6.07, 6.45) is 12.9. The quantitative estimate of drug-likeness (QED) is 0.204. The van der Waals surface area contributed by atoms with Crippen molar-refractivity contribution in [2.45, 2.75) is 64.1 Å². The maximum atomic E-state index is 12.9. The highest BCUT2D eigenvalue weighted by Gasteiger charge is 2.35. The minimum atomic E-state index is -0.557. The number of carbonyl (C=O) groups excluding carboxylic acids is 2. The Labute approximate surface area is 277 Å². The van der Waals surface area contributed by atoms with E-state index in [1.54, 1.807) is 52.9 Å². The van der Waals surface area contributed by atoms with Crippen molar-refractivity contribution in [3.8, 4) is 39.7 Å². The van der Waals surface area contributed by atoms with E-state index in [-0.39, 0.29) is 18.2 Å². The summed E-state index contributed by atoms with van der Waals surface area (Å²) in [6, 6.07) is 11.0. The van der Waals surface area contributed by atoms with E-state index in [1.165, 1.54) is 6.20 Å². The molecule has 0 unspecified atom stereocenters. The molecule has 0 radical (unpaired) electrons. The van der Waals surface area contributed by atoms with Gasteiger partial charge in [0.05, 0.1) is 42.1 Å². The van der Waals surface area contributed by atoms with E-state index >= 15 is 0 Å². The molecule has 0 bridgehead atoms. The minimum Gasteiger partial charge on any atom is -0.444 e. The number of aromatic amines is 2. The number of benzene rings is 1. The van der Waals surface area contributed by atoms with E-state index in [2.05, 4.69) is 34.9 Å². The Morgan fingerprint density at radius 3 is 1.90 bits per heavy atom. The van der Waals surface area contributed by atoms with Gasteiger partial charge in [-0.05, 0) is 64.2 Å². The van der Waals surface area contributed by atoms with E-state index < -0.39 is 11.7 Å². The van der Waals surface area contributed by atoms with Crippen LogP contribution in [0.1, 0.15) is 70.2 Å². The van der Waals surface area contributed by atoms with Crippen LogP contribution in [-0.4, -0.2) is 75.6 Å². The monoisotopic (exact) mass is 647 g/mol. The van der Waals surface area contributed by atoms with Crippen LogP contribution in [0.2, 0.25) is 0 Å². The zero-order chi connectivity index (χ0) is 33.3. The Balaban J connectivity index is 0.998. The molecule has 6 heterocycles. The molecule has 2 amide bonds. The maximum Gasteiger partial charge on any atom is 0.415 e. The molecule has 2 aliphatic heterocycles. The van der Waals surface area contributed by atoms with Crippen LogP contribution in [0.4, 0.5) is 9.59 Å². The van der Waals surface area contributed by atoms with Gasteiger partial charge in [0.1, 0.15) is 17.2 Å². The smallest absolute Gasteiger partial charge is 0.415 e. The number of pyridine rings is 1. The standard InChI is InChI=1S/C35H37N9O4/c1-35(2,3)48-34(46)44-16-6-9-29(44)32-40-21-27(42-32)24-17-37-30(38-18-24)23-12-10-22(11-13-23)26-20-39-31(41-26)28-8-5-15-43(28)33(45)47-25-7-4-14-36-19-25/h4,7,10-14,17-21,28-29H,5-6,8-9,15-16H2,1-3H3,(H,39,41)(H,40,42)/t28-,29-/m0/s1. The molecule has 0 aliphatic carbocycles. The number of aromatic nitrogens is 7. The molecule has 48 heavy (non-hydrogen) atoms. The lowest BCUT2D eigenvalue weighted by molar-refractivity contribution is 0.0218. The molecule has 246 valence electrons. The van der Waals surface area contributed by atoms with E-state index in [1.807, 2.05) is 45.0 Å². The summed E-state index contributed by atoms with van der Waals surface area (Å²) in [5.41, 5.74) is 3.69. The first-order chi connectivity index (χ1) is 23.2.